The Kier molecular flexibility index (Phi) is 6.80. The molecule has 0 aromatic heterocycles. The van der Waals surface area contributed by atoms with Crippen molar-refractivity contribution in [3.8, 4) is 0 Å². The first-order valence-electron chi connectivity index (χ1n) is 3.92. The smallest absolute Gasteiger partial charge is 0.0943 e. The van der Waals surface area contributed by atoms with Gasteiger partial charge in [0.1, 0.15) is 0 Å². The first-order chi connectivity index (χ1) is 4.27. The maximum Gasteiger partial charge on any atom is 0.0943 e. The highest BCUT2D eigenvalue weighted by Crippen LogP contribution is 1.94. The van der Waals surface area contributed by atoms with E-state index in [9.17, 15) is 0 Å². The predicted molar refractivity (Wildman–Crippen MR) is 50.9 cm³/mol. The van der Waals surface area contributed by atoms with Gasteiger partial charge in [-0.2, -0.15) is 0 Å². The van der Waals surface area contributed by atoms with Crippen LogP contribution < -0.4 is 0 Å². The molecule has 0 bridgehead atoms. The van der Waals surface area contributed by atoms with Gasteiger partial charge in [-0.1, -0.05) is 25.1 Å². The third-order valence-corrected chi connectivity index (χ3v) is 4.38. The second-order valence-corrected chi connectivity index (χ2v) is 6.99. The summed E-state index contributed by atoms with van der Waals surface area (Å²) in [6.45, 7) is 2.40. The molecule has 0 radical (unpaired) electrons. The normalized spacial score (nSPS) is 13.3. The van der Waals surface area contributed by atoms with Gasteiger partial charge in [-0.15, -0.1) is 0 Å². The maximum atomic E-state index is 2.40. The lowest BCUT2D eigenvalue weighted by atomic mass is 10.6. The molecule has 0 amide bonds. The zero-order valence-electron chi connectivity index (χ0n) is 6.98. The molecule has 0 fully saturated rings. The average molecular weight is 161 g/mol. The lowest BCUT2D eigenvalue weighted by Crippen LogP contribution is -2.16. The van der Waals surface area contributed by atoms with Crippen LogP contribution in [0.25, 0.3) is 0 Å². The highest BCUT2D eigenvalue weighted by atomic mass is 28.2. The van der Waals surface area contributed by atoms with Crippen LogP contribution in [-0.2, 0) is 0 Å². The van der Waals surface area contributed by atoms with Gasteiger partial charge in [0.25, 0.3) is 0 Å². The SMILES string of the molecule is C[SiH2]CCC[SiH2]N(C)C. The van der Waals surface area contributed by atoms with Crippen molar-refractivity contribution in [1.29, 1.82) is 0 Å². The van der Waals surface area contributed by atoms with E-state index in [0.717, 1.165) is 0 Å². The minimum Gasteiger partial charge on any atom is -0.334 e. The molecule has 1 nitrogen and oxygen atoms in total. The molecule has 56 valence electrons. The molecule has 0 aromatic carbocycles. The summed E-state index contributed by atoms with van der Waals surface area (Å²) in [5.41, 5.74) is 0. The van der Waals surface area contributed by atoms with Crippen molar-refractivity contribution >= 4 is 19.2 Å². The van der Waals surface area contributed by atoms with Crippen LogP contribution in [0.4, 0.5) is 0 Å². The molecule has 0 rings (SSSR count). The Morgan fingerprint density at radius 1 is 1.22 bits per heavy atom. The molecule has 3 heteroatoms. The molecule has 0 aliphatic heterocycles. The molecule has 0 atom stereocenters. The van der Waals surface area contributed by atoms with Crippen LogP contribution in [-0.4, -0.2) is 37.9 Å². The molecule has 0 spiro atoms. The van der Waals surface area contributed by atoms with Crippen molar-refractivity contribution in [1.82, 2.24) is 4.57 Å². The van der Waals surface area contributed by atoms with Crippen LogP contribution in [0.3, 0.4) is 0 Å². The Bertz CT molecular complexity index is 57.0. The van der Waals surface area contributed by atoms with Crippen molar-refractivity contribution in [2.45, 2.75) is 25.1 Å². The summed E-state index contributed by atoms with van der Waals surface area (Å²) in [7, 11) is 4.96. The Hall–Kier alpha value is 0.394. The minimum atomic E-state index is 0.181. The summed E-state index contributed by atoms with van der Waals surface area (Å²) in [6.07, 6.45) is 1.52. The van der Waals surface area contributed by atoms with Crippen LogP contribution in [0, 0.1) is 0 Å². The van der Waals surface area contributed by atoms with E-state index in [0.29, 0.717) is 9.52 Å². The summed E-state index contributed by atoms with van der Waals surface area (Å²) in [6, 6.07) is 3.11. The van der Waals surface area contributed by atoms with E-state index >= 15 is 0 Å². The number of rotatable bonds is 5. The molecule has 0 heterocycles. The van der Waals surface area contributed by atoms with Gasteiger partial charge in [0, 0.05) is 9.52 Å². The summed E-state index contributed by atoms with van der Waals surface area (Å²) in [4.78, 5) is 0. The minimum absolute atomic E-state index is 0.181. The first-order valence-corrected chi connectivity index (χ1v) is 7.96. The maximum absolute atomic E-state index is 2.40. The molecule has 0 saturated heterocycles. The molecule has 0 aromatic rings. The Morgan fingerprint density at radius 2 is 1.89 bits per heavy atom. The predicted octanol–water partition coefficient (Wildman–Crippen LogP) is 0.0754. The summed E-state index contributed by atoms with van der Waals surface area (Å²) in [5.74, 6) is 0. The zero-order valence-corrected chi connectivity index (χ0v) is 9.81. The van der Waals surface area contributed by atoms with E-state index in [1.54, 1.807) is 6.04 Å². The fourth-order valence-corrected chi connectivity index (χ4v) is 3.63. The molecule has 0 saturated carbocycles. The Morgan fingerprint density at radius 3 is 2.33 bits per heavy atom. The van der Waals surface area contributed by atoms with E-state index < -0.39 is 0 Å². The van der Waals surface area contributed by atoms with Crippen molar-refractivity contribution in [3.05, 3.63) is 0 Å². The van der Waals surface area contributed by atoms with Gasteiger partial charge in [0.05, 0.1) is 9.68 Å². The van der Waals surface area contributed by atoms with Crippen molar-refractivity contribution in [2.24, 2.45) is 0 Å². The number of hydrogen-bond acceptors (Lipinski definition) is 1. The van der Waals surface area contributed by atoms with Crippen LogP contribution in [0.5, 0.6) is 0 Å². The van der Waals surface area contributed by atoms with Gasteiger partial charge >= 0.3 is 0 Å². The Balaban J connectivity index is 2.75. The van der Waals surface area contributed by atoms with Crippen LogP contribution >= 0.6 is 0 Å². The van der Waals surface area contributed by atoms with Crippen molar-refractivity contribution in [2.75, 3.05) is 14.1 Å². The molecule has 0 aliphatic rings. The van der Waals surface area contributed by atoms with Crippen molar-refractivity contribution < 1.29 is 0 Å². The zero-order chi connectivity index (χ0) is 7.11. The molecule has 0 aliphatic carbocycles. The fourth-order valence-electron chi connectivity index (χ4n) is 0.855. The molecular weight excluding hydrogens is 142 g/mol. The molecule has 0 unspecified atom stereocenters. The van der Waals surface area contributed by atoms with Crippen LogP contribution in [0.1, 0.15) is 6.42 Å². The fraction of sp³-hybridized carbons (Fsp3) is 1.00. The molecule has 0 N–H and O–H groups in total. The van der Waals surface area contributed by atoms with E-state index in [4.69, 9.17) is 0 Å². The van der Waals surface area contributed by atoms with Gasteiger partial charge < -0.3 is 4.57 Å². The van der Waals surface area contributed by atoms with Gasteiger partial charge in [-0.25, -0.2) is 0 Å². The van der Waals surface area contributed by atoms with Crippen molar-refractivity contribution in [3.63, 3.8) is 0 Å². The summed E-state index contributed by atoms with van der Waals surface area (Å²) < 4.78 is 2.40. The van der Waals surface area contributed by atoms with Gasteiger partial charge in [-0.05, 0) is 14.1 Å². The van der Waals surface area contributed by atoms with Crippen LogP contribution in [0.15, 0.2) is 0 Å². The van der Waals surface area contributed by atoms with E-state index in [1.807, 2.05) is 0 Å². The highest BCUT2D eigenvalue weighted by molar-refractivity contribution is 6.34. The summed E-state index contributed by atoms with van der Waals surface area (Å²) in [5, 5.41) is 0. The van der Waals surface area contributed by atoms with Gasteiger partial charge in [0.2, 0.25) is 0 Å². The van der Waals surface area contributed by atoms with E-state index in [-0.39, 0.29) is 9.68 Å². The Labute approximate surface area is 63.6 Å². The number of nitrogens with zero attached hydrogens (tertiary/aromatic N) is 1. The standard InChI is InChI=1S/C6H19NSi2/c1-7(2)9-6-4-5-8-3/h4-6,8-9H2,1-3H3. The first kappa shape index (κ1) is 9.39. The third kappa shape index (κ3) is 8.39. The summed E-state index contributed by atoms with van der Waals surface area (Å²) >= 11 is 0. The average Bonchev–Trinajstić information content (AvgIpc) is 1.80. The molecular formula is C6H19NSi2. The lowest BCUT2D eigenvalue weighted by Gasteiger charge is -2.06. The second kappa shape index (κ2) is 6.51. The van der Waals surface area contributed by atoms with E-state index in [1.165, 1.54) is 12.5 Å². The monoisotopic (exact) mass is 161 g/mol. The lowest BCUT2D eigenvalue weighted by molar-refractivity contribution is 0.655. The number of hydrogen-bond donors (Lipinski definition) is 0. The second-order valence-electron chi connectivity index (χ2n) is 2.86. The quantitative estimate of drug-likeness (QED) is 0.408. The topological polar surface area (TPSA) is 3.24 Å². The highest BCUT2D eigenvalue weighted by Gasteiger charge is 1.90. The van der Waals surface area contributed by atoms with Crippen LogP contribution in [0.2, 0.25) is 18.6 Å². The van der Waals surface area contributed by atoms with Gasteiger partial charge in [0.15, 0.2) is 0 Å². The largest absolute Gasteiger partial charge is 0.334 e. The van der Waals surface area contributed by atoms with Gasteiger partial charge in [-0.3, -0.25) is 0 Å². The third-order valence-electron chi connectivity index (χ3n) is 1.46. The van der Waals surface area contributed by atoms with E-state index in [2.05, 4.69) is 25.2 Å². The molecule has 9 heavy (non-hydrogen) atoms.